The predicted molar refractivity (Wildman–Crippen MR) is 132 cm³/mol. The van der Waals surface area contributed by atoms with Crippen LogP contribution in [0, 0.1) is 12.7 Å². The molecule has 204 valence electrons. The van der Waals surface area contributed by atoms with Crippen molar-refractivity contribution in [1.82, 2.24) is 30.1 Å². The van der Waals surface area contributed by atoms with Crippen LogP contribution in [0.5, 0.6) is 0 Å². The van der Waals surface area contributed by atoms with E-state index in [4.69, 9.17) is 10.5 Å². The van der Waals surface area contributed by atoms with Crippen LogP contribution in [0.3, 0.4) is 0 Å². The van der Waals surface area contributed by atoms with Crippen molar-refractivity contribution in [3.8, 4) is 0 Å². The van der Waals surface area contributed by atoms with Crippen molar-refractivity contribution >= 4 is 23.7 Å². The first-order valence-corrected chi connectivity index (χ1v) is 12.4. The zero-order valence-electron chi connectivity index (χ0n) is 21.6. The van der Waals surface area contributed by atoms with Gasteiger partial charge in [-0.05, 0) is 44.4 Å². The van der Waals surface area contributed by atoms with Gasteiger partial charge in [-0.3, -0.25) is 24.1 Å². The minimum absolute atomic E-state index is 0.00317. The molecule has 0 unspecified atom stereocenters. The summed E-state index contributed by atoms with van der Waals surface area (Å²) in [5.74, 6) is -2.39. The monoisotopic (exact) mass is 529 g/mol. The van der Waals surface area contributed by atoms with Crippen molar-refractivity contribution in [3.05, 3.63) is 47.0 Å². The van der Waals surface area contributed by atoms with Gasteiger partial charge >= 0.3 is 5.97 Å². The van der Waals surface area contributed by atoms with Gasteiger partial charge in [0.15, 0.2) is 5.69 Å². The Morgan fingerprint density at radius 2 is 2.00 bits per heavy atom. The zero-order chi connectivity index (χ0) is 27.6. The predicted octanol–water partition coefficient (Wildman–Crippen LogP) is -0.0140. The lowest BCUT2D eigenvalue weighted by Crippen LogP contribution is -2.70. The number of carbonyl (C=O) groups excluding carboxylic acids is 4. The summed E-state index contributed by atoms with van der Waals surface area (Å²) in [5.41, 5.74) is 6.52. The van der Waals surface area contributed by atoms with Gasteiger partial charge in [-0.1, -0.05) is 17.3 Å². The van der Waals surface area contributed by atoms with Gasteiger partial charge < -0.3 is 20.7 Å². The number of halogens is 1. The first-order valence-electron chi connectivity index (χ1n) is 12.4. The maximum Gasteiger partial charge on any atom is 0.302 e. The number of benzene rings is 1. The van der Waals surface area contributed by atoms with E-state index < -0.39 is 35.5 Å². The Labute approximate surface area is 219 Å². The second-order valence-corrected chi connectivity index (χ2v) is 10.0. The van der Waals surface area contributed by atoms with E-state index in [0.29, 0.717) is 37.4 Å². The highest BCUT2D eigenvalue weighted by molar-refractivity contribution is 5.94. The van der Waals surface area contributed by atoms with Gasteiger partial charge in [-0.15, -0.1) is 5.10 Å². The van der Waals surface area contributed by atoms with Crippen molar-refractivity contribution in [2.24, 2.45) is 5.73 Å². The average Bonchev–Trinajstić information content (AvgIpc) is 3.40. The smallest absolute Gasteiger partial charge is 0.302 e. The van der Waals surface area contributed by atoms with Gasteiger partial charge in [0.2, 0.25) is 11.8 Å². The van der Waals surface area contributed by atoms with Gasteiger partial charge in [0.05, 0.1) is 24.3 Å². The number of nitrogens with one attached hydrogen (secondary N) is 1. The molecule has 2 aliphatic heterocycles. The van der Waals surface area contributed by atoms with Crippen LogP contribution < -0.4 is 11.1 Å². The van der Waals surface area contributed by atoms with E-state index in [0.717, 1.165) is 12.8 Å². The number of hydrogen-bond donors (Lipinski definition) is 2. The number of likely N-dealkylation sites (tertiary alicyclic amines) is 2. The van der Waals surface area contributed by atoms with E-state index in [1.807, 2.05) is 4.90 Å². The lowest BCUT2D eigenvalue weighted by atomic mass is 9.86. The number of rotatable bonds is 9. The summed E-state index contributed by atoms with van der Waals surface area (Å²) < 4.78 is 20.1. The summed E-state index contributed by atoms with van der Waals surface area (Å²) in [6.07, 6.45) is 0.712. The summed E-state index contributed by atoms with van der Waals surface area (Å²) in [6.45, 7) is 6.29. The van der Waals surface area contributed by atoms with Crippen LogP contribution in [0.4, 0.5) is 4.39 Å². The van der Waals surface area contributed by atoms with E-state index in [1.165, 1.54) is 26.0 Å². The summed E-state index contributed by atoms with van der Waals surface area (Å²) >= 11 is 0. The van der Waals surface area contributed by atoms with Crippen LogP contribution >= 0.6 is 0 Å². The molecule has 2 fully saturated rings. The number of nitrogens with two attached hydrogens (primary N) is 1. The molecule has 1 aromatic carbocycles. The standard InChI is InChI=1S/C25H32FN7O5/c1-15-21(29-30-33(15)11-18-6-4-7-19(26)10-18)24(37)32-9-5-8-25(32)13-31(14-25)12-20(35)28-22(23(27)36)16(2)38-17(3)34/h4,6-7,10,16,22H,5,8-9,11-14H2,1-3H3,(H2,27,36)(H,28,35)/t16-,22+/m1/s1. The molecular weight excluding hydrogens is 497 g/mol. The Morgan fingerprint density at radius 3 is 2.66 bits per heavy atom. The quantitative estimate of drug-likeness (QED) is 0.430. The highest BCUT2D eigenvalue weighted by atomic mass is 19.1. The van der Waals surface area contributed by atoms with Crippen LogP contribution in [-0.2, 0) is 25.7 Å². The number of nitrogens with zero attached hydrogens (tertiary/aromatic N) is 5. The minimum atomic E-state index is -1.15. The molecule has 38 heavy (non-hydrogen) atoms. The van der Waals surface area contributed by atoms with Crippen LogP contribution in [0.15, 0.2) is 24.3 Å². The molecule has 1 aromatic heterocycles. The van der Waals surface area contributed by atoms with Crippen molar-refractivity contribution in [2.45, 2.75) is 57.8 Å². The van der Waals surface area contributed by atoms with Crippen molar-refractivity contribution in [2.75, 3.05) is 26.2 Å². The number of esters is 1. The fourth-order valence-electron chi connectivity index (χ4n) is 5.30. The van der Waals surface area contributed by atoms with E-state index >= 15 is 0 Å². The molecule has 12 nitrogen and oxygen atoms in total. The van der Waals surface area contributed by atoms with Crippen LogP contribution in [0.1, 0.15) is 48.4 Å². The third-order valence-electron chi connectivity index (χ3n) is 7.10. The molecule has 0 saturated carbocycles. The van der Waals surface area contributed by atoms with Crippen molar-refractivity contribution in [1.29, 1.82) is 0 Å². The summed E-state index contributed by atoms with van der Waals surface area (Å²) in [5, 5.41) is 10.8. The maximum absolute atomic E-state index is 13.6. The van der Waals surface area contributed by atoms with Gasteiger partial charge in [0.25, 0.3) is 5.91 Å². The molecule has 3 N–H and O–H groups in total. The second-order valence-electron chi connectivity index (χ2n) is 10.0. The Morgan fingerprint density at radius 1 is 1.26 bits per heavy atom. The first kappa shape index (κ1) is 27.2. The molecule has 2 aliphatic rings. The first-order chi connectivity index (χ1) is 18.0. The summed E-state index contributed by atoms with van der Waals surface area (Å²) in [4.78, 5) is 52.7. The molecule has 1 spiro atoms. The summed E-state index contributed by atoms with van der Waals surface area (Å²) in [7, 11) is 0. The average molecular weight is 530 g/mol. The number of hydrogen-bond acceptors (Lipinski definition) is 8. The van der Waals surface area contributed by atoms with Gasteiger partial charge in [-0.2, -0.15) is 0 Å². The molecule has 13 heteroatoms. The minimum Gasteiger partial charge on any atom is -0.460 e. The molecule has 4 rings (SSSR count). The lowest BCUT2D eigenvalue weighted by molar-refractivity contribution is -0.149. The molecular formula is C25H32FN7O5. The van der Waals surface area contributed by atoms with E-state index in [-0.39, 0.29) is 24.0 Å². The van der Waals surface area contributed by atoms with Crippen molar-refractivity contribution < 1.29 is 28.3 Å². The van der Waals surface area contributed by atoms with E-state index in [2.05, 4.69) is 15.6 Å². The molecule has 2 saturated heterocycles. The molecule has 0 aliphatic carbocycles. The number of carbonyl (C=O) groups is 4. The topological polar surface area (TPSA) is 153 Å². The third-order valence-corrected chi connectivity index (χ3v) is 7.10. The van der Waals surface area contributed by atoms with Gasteiger partial charge in [0.1, 0.15) is 18.0 Å². The highest BCUT2D eigenvalue weighted by Crippen LogP contribution is 2.38. The lowest BCUT2D eigenvalue weighted by Gasteiger charge is -2.52. The van der Waals surface area contributed by atoms with Crippen LogP contribution in [0.2, 0.25) is 0 Å². The normalized spacial score (nSPS) is 18.1. The van der Waals surface area contributed by atoms with E-state index in [9.17, 15) is 23.6 Å². The van der Waals surface area contributed by atoms with Crippen molar-refractivity contribution in [3.63, 3.8) is 0 Å². The second kappa shape index (κ2) is 10.9. The number of primary amides is 1. The fourth-order valence-corrected chi connectivity index (χ4v) is 5.30. The molecule has 0 bridgehead atoms. The number of amides is 3. The maximum atomic E-state index is 13.6. The Bertz CT molecular complexity index is 1240. The Hall–Kier alpha value is -3.87. The Balaban J connectivity index is 1.36. The highest BCUT2D eigenvalue weighted by Gasteiger charge is 2.53. The van der Waals surface area contributed by atoms with Gasteiger partial charge in [0, 0.05) is 26.6 Å². The number of ether oxygens (including phenoxy) is 1. The third kappa shape index (κ3) is 5.67. The zero-order valence-corrected chi connectivity index (χ0v) is 21.6. The Kier molecular flexibility index (Phi) is 7.76. The van der Waals surface area contributed by atoms with E-state index in [1.54, 1.807) is 28.6 Å². The SMILES string of the molecule is CC(=O)O[C@H](C)[C@H](NC(=O)CN1CC2(CCCN2C(=O)c2nnn(Cc3cccc(F)c3)c2C)C1)C(N)=O. The molecule has 2 atom stereocenters. The van der Waals surface area contributed by atoms with Crippen LogP contribution in [0.25, 0.3) is 0 Å². The largest absolute Gasteiger partial charge is 0.460 e. The fraction of sp³-hybridized carbons (Fsp3) is 0.520. The molecule has 3 heterocycles. The summed E-state index contributed by atoms with van der Waals surface area (Å²) in [6, 6.07) is 5.03. The molecule has 2 aromatic rings. The molecule has 0 radical (unpaired) electrons. The van der Waals surface area contributed by atoms with Gasteiger partial charge in [-0.25, -0.2) is 9.07 Å². The molecule has 3 amide bonds. The van der Waals surface area contributed by atoms with Crippen LogP contribution in [-0.4, -0.2) is 92.3 Å². The number of aromatic nitrogens is 3.